The molecule has 1 fully saturated rings. The van der Waals surface area contributed by atoms with Gasteiger partial charge in [-0.05, 0) is 54.2 Å². The Bertz CT molecular complexity index is 1250. The molecule has 1 amide bonds. The molecule has 0 aliphatic carbocycles. The number of fused-ring (bicyclic) bond motifs is 1. The molecule has 1 aliphatic heterocycles. The number of benzene rings is 2. The Morgan fingerprint density at radius 3 is 2.81 bits per heavy atom. The number of H-pyrrole nitrogens is 1. The van der Waals surface area contributed by atoms with Crippen molar-refractivity contribution in [1.29, 1.82) is 0 Å². The van der Waals surface area contributed by atoms with Crippen LogP contribution in [0.1, 0.15) is 40.2 Å². The third-order valence-electron chi connectivity index (χ3n) is 6.31. The number of nitrogens with one attached hydrogen (secondary N) is 1. The zero-order valence-corrected chi connectivity index (χ0v) is 18.7. The zero-order valence-electron chi connectivity index (χ0n) is 17.9. The topological polar surface area (TPSA) is 63.1 Å². The Labute approximate surface area is 191 Å². The smallest absolute Gasteiger partial charge is 0.257 e. The van der Waals surface area contributed by atoms with Crippen molar-refractivity contribution in [2.45, 2.75) is 25.3 Å². The van der Waals surface area contributed by atoms with Gasteiger partial charge in [-0.15, -0.1) is 0 Å². The molecule has 2 aromatic heterocycles. The first-order chi connectivity index (χ1) is 15.6. The maximum atomic E-state index is 13.0. The Hall–Kier alpha value is -3.25. The lowest BCUT2D eigenvalue weighted by Gasteiger charge is -2.31. The number of likely N-dealkylation sites (tertiary alicyclic amines) is 1. The molecule has 0 spiro atoms. The monoisotopic (exact) mass is 448 g/mol. The molecule has 0 saturated carbocycles. The molecule has 4 aromatic rings. The summed E-state index contributed by atoms with van der Waals surface area (Å²) in [6, 6.07) is 13.8. The second kappa shape index (κ2) is 8.71. The third kappa shape index (κ3) is 3.98. The van der Waals surface area contributed by atoms with E-state index >= 15 is 0 Å². The molecule has 3 heterocycles. The highest BCUT2D eigenvalue weighted by Gasteiger charge is 2.27. The molecule has 0 unspecified atom stereocenters. The van der Waals surface area contributed by atoms with E-state index in [1.54, 1.807) is 18.0 Å². The number of ether oxygens (including phenoxy) is 1. The van der Waals surface area contributed by atoms with E-state index in [-0.39, 0.29) is 5.91 Å². The van der Waals surface area contributed by atoms with Crippen molar-refractivity contribution in [3.8, 4) is 5.75 Å². The molecule has 7 heteroatoms. The summed E-state index contributed by atoms with van der Waals surface area (Å²) in [6.07, 6.45) is 7.43. The van der Waals surface area contributed by atoms with Gasteiger partial charge in [0.15, 0.2) is 0 Å². The molecule has 6 nitrogen and oxygen atoms in total. The molecular weight excluding hydrogens is 424 g/mol. The number of nitrogens with zero attached hydrogens (tertiary/aromatic N) is 3. The van der Waals surface area contributed by atoms with Gasteiger partial charge in [0, 0.05) is 41.4 Å². The average molecular weight is 449 g/mol. The molecular formula is C25H25ClN4O2. The standard InChI is InChI=1S/C25H25ClN4O2/c1-32-20-6-7-24-21(12-20)22(14-27-24)17-8-10-29(11-9-17)25(31)19-13-28-30(16-19)15-18-4-2-3-5-23(18)26/h2-7,12-14,16-17,27H,8-11,15H2,1H3. The van der Waals surface area contributed by atoms with Crippen molar-refractivity contribution in [2.24, 2.45) is 0 Å². The van der Waals surface area contributed by atoms with Crippen LogP contribution in [0.3, 0.4) is 0 Å². The highest BCUT2D eigenvalue weighted by molar-refractivity contribution is 6.31. The molecule has 32 heavy (non-hydrogen) atoms. The maximum Gasteiger partial charge on any atom is 0.257 e. The first kappa shape index (κ1) is 20.6. The lowest BCUT2D eigenvalue weighted by atomic mass is 9.89. The van der Waals surface area contributed by atoms with Gasteiger partial charge in [-0.2, -0.15) is 5.10 Å². The molecule has 2 aromatic carbocycles. The van der Waals surface area contributed by atoms with Gasteiger partial charge in [0.05, 0.1) is 25.4 Å². The van der Waals surface area contributed by atoms with Gasteiger partial charge >= 0.3 is 0 Å². The van der Waals surface area contributed by atoms with E-state index in [1.165, 1.54) is 10.9 Å². The lowest BCUT2D eigenvalue weighted by molar-refractivity contribution is 0.0713. The number of hydrogen-bond acceptors (Lipinski definition) is 3. The number of amides is 1. The van der Waals surface area contributed by atoms with E-state index in [4.69, 9.17) is 16.3 Å². The number of aromatic amines is 1. The Morgan fingerprint density at radius 1 is 1.22 bits per heavy atom. The van der Waals surface area contributed by atoms with Crippen molar-refractivity contribution in [3.63, 3.8) is 0 Å². The quantitative estimate of drug-likeness (QED) is 0.462. The molecule has 0 radical (unpaired) electrons. The van der Waals surface area contributed by atoms with Crippen LogP contribution in [0.4, 0.5) is 0 Å². The molecule has 164 valence electrons. The summed E-state index contributed by atoms with van der Waals surface area (Å²) in [5, 5.41) is 6.27. The van der Waals surface area contributed by atoms with E-state index in [2.05, 4.69) is 28.4 Å². The van der Waals surface area contributed by atoms with Crippen LogP contribution >= 0.6 is 11.6 Å². The van der Waals surface area contributed by atoms with Crippen LogP contribution in [0, 0.1) is 0 Å². The number of piperidine rings is 1. The molecule has 1 aliphatic rings. The van der Waals surface area contributed by atoms with Crippen LogP contribution in [-0.2, 0) is 6.54 Å². The summed E-state index contributed by atoms with van der Waals surface area (Å²) in [6.45, 7) is 2.00. The predicted octanol–water partition coefficient (Wildman–Crippen LogP) is 5.09. The number of halogens is 1. The molecule has 0 atom stereocenters. The summed E-state index contributed by atoms with van der Waals surface area (Å²) in [4.78, 5) is 18.3. The van der Waals surface area contributed by atoms with E-state index in [1.807, 2.05) is 41.4 Å². The molecule has 1 saturated heterocycles. The first-order valence-electron chi connectivity index (χ1n) is 10.8. The highest BCUT2D eigenvalue weighted by atomic mass is 35.5. The van der Waals surface area contributed by atoms with Crippen LogP contribution in [0.25, 0.3) is 10.9 Å². The number of carbonyl (C=O) groups excluding carboxylic acids is 1. The van der Waals surface area contributed by atoms with Crippen molar-refractivity contribution < 1.29 is 9.53 Å². The van der Waals surface area contributed by atoms with E-state index in [9.17, 15) is 4.79 Å². The minimum Gasteiger partial charge on any atom is -0.497 e. The summed E-state index contributed by atoms with van der Waals surface area (Å²) < 4.78 is 7.16. The summed E-state index contributed by atoms with van der Waals surface area (Å²) in [5.74, 6) is 1.32. The van der Waals surface area contributed by atoms with Crippen molar-refractivity contribution in [3.05, 3.63) is 82.8 Å². The van der Waals surface area contributed by atoms with Gasteiger partial charge in [-0.1, -0.05) is 29.8 Å². The summed E-state index contributed by atoms with van der Waals surface area (Å²) in [7, 11) is 1.69. The van der Waals surface area contributed by atoms with Gasteiger partial charge in [0.2, 0.25) is 0 Å². The normalized spacial score (nSPS) is 14.8. The van der Waals surface area contributed by atoms with E-state index < -0.39 is 0 Å². The van der Waals surface area contributed by atoms with Gasteiger partial charge in [-0.3, -0.25) is 9.48 Å². The zero-order chi connectivity index (χ0) is 22.1. The molecule has 1 N–H and O–H groups in total. The maximum absolute atomic E-state index is 13.0. The largest absolute Gasteiger partial charge is 0.497 e. The van der Waals surface area contributed by atoms with Crippen LogP contribution in [-0.4, -0.2) is 45.8 Å². The molecule has 5 rings (SSSR count). The van der Waals surface area contributed by atoms with Crippen molar-refractivity contribution in [1.82, 2.24) is 19.7 Å². The summed E-state index contributed by atoms with van der Waals surface area (Å²) >= 11 is 6.25. The van der Waals surface area contributed by atoms with Crippen LogP contribution in [0.2, 0.25) is 5.02 Å². The second-order valence-corrected chi connectivity index (χ2v) is 8.65. The number of aromatic nitrogens is 3. The Morgan fingerprint density at radius 2 is 2.03 bits per heavy atom. The lowest BCUT2D eigenvalue weighted by Crippen LogP contribution is -2.37. The summed E-state index contributed by atoms with van der Waals surface area (Å²) in [5.41, 5.74) is 4.02. The fourth-order valence-electron chi connectivity index (χ4n) is 4.52. The SMILES string of the molecule is COc1ccc2[nH]cc(C3CCN(C(=O)c4cnn(Cc5ccccc5Cl)c4)CC3)c2c1. The van der Waals surface area contributed by atoms with E-state index in [0.717, 1.165) is 42.8 Å². The van der Waals surface area contributed by atoms with Crippen LogP contribution in [0.15, 0.2) is 61.1 Å². The van der Waals surface area contributed by atoms with Gasteiger partial charge < -0.3 is 14.6 Å². The predicted molar refractivity (Wildman–Crippen MR) is 126 cm³/mol. The fraction of sp³-hybridized carbons (Fsp3) is 0.280. The van der Waals surface area contributed by atoms with Gasteiger partial charge in [0.25, 0.3) is 5.91 Å². The van der Waals surface area contributed by atoms with Gasteiger partial charge in [-0.25, -0.2) is 0 Å². The number of rotatable bonds is 5. The number of hydrogen-bond donors (Lipinski definition) is 1. The minimum absolute atomic E-state index is 0.0365. The van der Waals surface area contributed by atoms with E-state index in [0.29, 0.717) is 23.0 Å². The second-order valence-electron chi connectivity index (χ2n) is 8.24. The van der Waals surface area contributed by atoms with Crippen molar-refractivity contribution >= 4 is 28.4 Å². The third-order valence-corrected chi connectivity index (χ3v) is 6.68. The number of carbonyl (C=O) groups is 1. The highest BCUT2D eigenvalue weighted by Crippen LogP contribution is 2.35. The first-order valence-corrected chi connectivity index (χ1v) is 11.2. The number of methoxy groups -OCH3 is 1. The van der Waals surface area contributed by atoms with Crippen LogP contribution in [0.5, 0.6) is 5.75 Å². The van der Waals surface area contributed by atoms with Gasteiger partial charge in [0.1, 0.15) is 5.75 Å². The Balaban J connectivity index is 1.24. The van der Waals surface area contributed by atoms with Crippen molar-refractivity contribution in [2.75, 3.05) is 20.2 Å². The fourth-order valence-corrected chi connectivity index (χ4v) is 4.72. The Kier molecular flexibility index (Phi) is 5.62. The van der Waals surface area contributed by atoms with Crippen LogP contribution < -0.4 is 4.74 Å². The molecule has 0 bridgehead atoms. The average Bonchev–Trinajstić information content (AvgIpc) is 3.47. The minimum atomic E-state index is 0.0365.